The maximum absolute atomic E-state index is 11.5. The van der Waals surface area contributed by atoms with Crippen molar-refractivity contribution in [3.05, 3.63) is 121 Å². The van der Waals surface area contributed by atoms with Gasteiger partial charge in [0.2, 0.25) is 0 Å². The van der Waals surface area contributed by atoms with Gasteiger partial charge in [-0.25, -0.2) is 9.59 Å². The van der Waals surface area contributed by atoms with Gasteiger partial charge in [0.25, 0.3) is 0 Å². The third-order valence-electron chi connectivity index (χ3n) is 7.05. The van der Waals surface area contributed by atoms with Crippen LogP contribution in [0.2, 0.25) is 0 Å². The summed E-state index contributed by atoms with van der Waals surface area (Å²) in [7, 11) is 0. The average molecular weight is 651 g/mol. The van der Waals surface area contributed by atoms with Crippen molar-refractivity contribution >= 4 is 11.9 Å². The normalized spacial score (nSPS) is 10.6. The SMILES string of the molecule is C=C(C)C(=O)OCCOCCOc1ccc(-c2ccc(OCCOCCOC(=O)C(=C)C)c(-c3ccccc3)c2)cc1-c1ccccc1. The van der Waals surface area contributed by atoms with Crippen molar-refractivity contribution in [2.45, 2.75) is 13.8 Å². The zero-order valence-electron chi connectivity index (χ0n) is 27.6. The molecule has 0 heterocycles. The minimum Gasteiger partial charge on any atom is -0.491 e. The van der Waals surface area contributed by atoms with Gasteiger partial charge in [0, 0.05) is 22.3 Å². The minimum absolute atomic E-state index is 0.160. The van der Waals surface area contributed by atoms with Gasteiger partial charge in [-0.3, -0.25) is 0 Å². The number of hydrogen-bond acceptors (Lipinski definition) is 8. The van der Waals surface area contributed by atoms with E-state index in [0.29, 0.717) is 37.6 Å². The minimum atomic E-state index is -0.428. The van der Waals surface area contributed by atoms with Gasteiger partial charge in [-0.05, 0) is 60.4 Å². The summed E-state index contributed by atoms with van der Waals surface area (Å²) in [6.07, 6.45) is 0. The third-order valence-corrected chi connectivity index (χ3v) is 7.05. The van der Waals surface area contributed by atoms with Crippen LogP contribution in [-0.2, 0) is 28.5 Å². The second kappa shape index (κ2) is 18.8. The molecule has 0 spiro atoms. The number of esters is 2. The lowest BCUT2D eigenvalue weighted by molar-refractivity contribution is -0.141. The van der Waals surface area contributed by atoms with Crippen LogP contribution in [0.25, 0.3) is 33.4 Å². The first-order valence-corrected chi connectivity index (χ1v) is 15.8. The Morgan fingerprint density at radius 1 is 0.479 bits per heavy atom. The van der Waals surface area contributed by atoms with Gasteiger partial charge in [0.05, 0.1) is 26.4 Å². The molecule has 4 aromatic carbocycles. The van der Waals surface area contributed by atoms with E-state index in [1.807, 2.05) is 60.7 Å². The van der Waals surface area contributed by atoms with Crippen molar-refractivity contribution in [3.8, 4) is 44.9 Å². The molecule has 0 aliphatic heterocycles. The molecule has 0 fully saturated rings. The van der Waals surface area contributed by atoms with E-state index >= 15 is 0 Å². The van der Waals surface area contributed by atoms with E-state index in [1.165, 1.54) is 0 Å². The van der Waals surface area contributed by atoms with Crippen LogP contribution in [0, 0.1) is 0 Å². The summed E-state index contributed by atoms with van der Waals surface area (Å²) in [5.74, 6) is 0.616. The van der Waals surface area contributed by atoms with Crippen LogP contribution in [0.15, 0.2) is 121 Å². The van der Waals surface area contributed by atoms with Crippen molar-refractivity contribution in [1.82, 2.24) is 0 Å². The molecule has 0 aliphatic rings. The van der Waals surface area contributed by atoms with Gasteiger partial charge in [0.1, 0.15) is 37.9 Å². The molecule has 0 aliphatic carbocycles. The highest BCUT2D eigenvalue weighted by atomic mass is 16.6. The van der Waals surface area contributed by atoms with E-state index < -0.39 is 11.9 Å². The Labute approximate surface area is 282 Å². The maximum atomic E-state index is 11.5. The Kier molecular flexibility index (Phi) is 14.0. The van der Waals surface area contributed by atoms with E-state index in [0.717, 1.165) is 44.9 Å². The Morgan fingerprint density at radius 3 is 1.23 bits per heavy atom. The number of ether oxygens (including phenoxy) is 6. The van der Waals surface area contributed by atoms with Crippen LogP contribution < -0.4 is 9.47 Å². The van der Waals surface area contributed by atoms with E-state index in [1.54, 1.807) is 13.8 Å². The standard InChI is InChI=1S/C40H42O8/c1-29(2)39(41)47-25-21-43-19-23-45-37-17-15-33(27-35(37)31-11-7-5-8-12-31)34-16-18-38(36(28-34)32-13-9-6-10-14-32)46-24-20-44-22-26-48-40(42)30(3)4/h5-18,27-28H,1,3,19-26H2,2,4H3. The van der Waals surface area contributed by atoms with E-state index in [-0.39, 0.29) is 26.4 Å². The molecule has 0 amide bonds. The highest BCUT2D eigenvalue weighted by Crippen LogP contribution is 2.38. The summed E-state index contributed by atoms with van der Waals surface area (Å²) >= 11 is 0. The van der Waals surface area contributed by atoms with Crippen molar-refractivity contribution in [1.29, 1.82) is 0 Å². The smallest absolute Gasteiger partial charge is 0.333 e. The number of hydrogen-bond donors (Lipinski definition) is 0. The second-order valence-corrected chi connectivity index (χ2v) is 10.9. The Morgan fingerprint density at radius 2 is 0.854 bits per heavy atom. The molecule has 0 radical (unpaired) electrons. The summed E-state index contributed by atoms with van der Waals surface area (Å²) in [5, 5.41) is 0. The molecule has 8 nitrogen and oxygen atoms in total. The molecule has 250 valence electrons. The first-order chi connectivity index (χ1) is 23.3. The van der Waals surface area contributed by atoms with Gasteiger partial charge in [0.15, 0.2) is 0 Å². The predicted octanol–water partition coefficient (Wildman–Crippen LogP) is 7.72. The van der Waals surface area contributed by atoms with Crippen LogP contribution in [0.3, 0.4) is 0 Å². The van der Waals surface area contributed by atoms with Gasteiger partial charge >= 0.3 is 11.9 Å². The monoisotopic (exact) mass is 650 g/mol. The lowest BCUT2D eigenvalue weighted by Gasteiger charge is -2.16. The summed E-state index contributed by atoms with van der Waals surface area (Å²) < 4.78 is 33.6. The van der Waals surface area contributed by atoms with Gasteiger partial charge in [-0.2, -0.15) is 0 Å². The number of carbonyl (C=O) groups excluding carboxylic acids is 2. The van der Waals surface area contributed by atoms with Gasteiger partial charge < -0.3 is 28.4 Å². The molecule has 0 N–H and O–H groups in total. The molecule has 0 saturated carbocycles. The Hall–Kier alpha value is -5.18. The fourth-order valence-corrected chi connectivity index (χ4v) is 4.62. The predicted molar refractivity (Wildman–Crippen MR) is 187 cm³/mol. The second-order valence-electron chi connectivity index (χ2n) is 10.9. The molecule has 0 aromatic heterocycles. The fraction of sp³-hybridized carbons (Fsp3) is 0.250. The fourth-order valence-electron chi connectivity index (χ4n) is 4.62. The van der Waals surface area contributed by atoms with Crippen LogP contribution in [-0.4, -0.2) is 64.8 Å². The Bertz CT molecular complexity index is 1540. The topological polar surface area (TPSA) is 89.5 Å². The molecule has 0 atom stereocenters. The molecule has 48 heavy (non-hydrogen) atoms. The van der Waals surface area contributed by atoms with E-state index in [4.69, 9.17) is 28.4 Å². The molecule has 4 aromatic rings. The number of carbonyl (C=O) groups is 2. The zero-order valence-corrected chi connectivity index (χ0v) is 27.6. The molecule has 4 rings (SSSR count). The first kappa shape index (κ1) is 35.7. The molecule has 0 bridgehead atoms. The van der Waals surface area contributed by atoms with Crippen LogP contribution >= 0.6 is 0 Å². The summed E-state index contributed by atoms with van der Waals surface area (Å²) in [6, 6.07) is 32.5. The number of rotatable bonds is 19. The van der Waals surface area contributed by atoms with Crippen LogP contribution in [0.1, 0.15) is 13.8 Å². The van der Waals surface area contributed by atoms with E-state index in [9.17, 15) is 9.59 Å². The summed E-state index contributed by atoms with van der Waals surface area (Å²) in [4.78, 5) is 23.0. The summed E-state index contributed by atoms with van der Waals surface area (Å²) in [5.41, 5.74) is 6.72. The zero-order chi connectivity index (χ0) is 34.1. The highest BCUT2D eigenvalue weighted by Gasteiger charge is 2.13. The lowest BCUT2D eigenvalue weighted by atomic mass is 9.95. The lowest BCUT2D eigenvalue weighted by Crippen LogP contribution is -2.14. The third kappa shape index (κ3) is 11.0. The average Bonchev–Trinajstić information content (AvgIpc) is 3.11. The van der Waals surface area contributed by atoms with Crippen LogP contribution in [0.5, 0.6) is 11.5 Å². The van der Waals surface area contributed by atoms with Crippen molar-refractivity contribution in [2.75, 3.05) is 52.9 Å². The van der Waals surface area contributed by atoms with Gasteiger partial charge in [-0.15, -0.1) is 0 Å². The highest BCUT2D eigenvalue weighted by molar-refractivity contribution is 5.87. The van der Waals surface area contributed by atoms with Crippen LogP contribution in [0.4, 0.5) is 0 Å². The first-order valence-electron chi connectivity index (χ1n) is 15.8. The molecule has 0 saturated heterocycles. The molecular weight excluding hydrogens is 608 g/mol. The molecule has 8 heteroatoms. The van der Waals surface area contributed by atoms with Gasteiger partial charge in [-0.1, -0.05) is 86.0 Å². The quantitative estimate of drug-likeness (QED) is 0.0579. The van der Waals surface area contributed by atoms with Crippen molar-refractivity contribution < 1.29 is 38.0 Å². The maximum Gasteiger partial charge on any atom is 0.333 e. The number of benzene rings is 4. The molecule has 0 unspecified atom stereocenters. The summed E-state index contributed by atoms with van der Waals surface area (Å²) in [6.45, 7) is 12.6. The molecular formula is C40H42O8. The van der Waals surface area contributed by atoms with E-state index in [2.05, 4.69) is 49.6 Å². The Balaban J connectivity index is 1.45. The van der Waals surface area contributed by atoms with Crippen molar-refractivity contribution in [2.24, 2.45) is 0 Å². The van der Waals surface area contributed by atoms with Crippen molar-refractivity contribution in [3.63, 3.8) is 0 Å². The largest absolute Gasteiger partial charge is 0.491 e.